The van der Waals surface area contributed by atoms with Crippen molar-refractivity contribution in [2.45, 2.75) is 25.2 Å². The molecule has 0 amide bonds. The van der Waals surface area contributed by atoms with E-state index in [1.807, 2.05) is 6.20 Å². The molecule has 0 aromatic carbocycles. The van der Waals surface area contributed by atoms with E-state index in [2.05, 4.69) is 17.2 Å². The van der Waals surface area contributed by atoms with E-state index in [4.69, 9.17) is 5.73 Å². The smallest absolute Gasteiger partial charge is 0.00402 e. The van der Waals surface area contributed by atoms with Gasteiger partial charge in [-0.3, -0.25) is 0 Å². The van der Waals surface area contributed by atoms with Gasteiger partial charge in [0.05, 0.1) is 0 Å². The molecule has 0 saturated heterocycles. The molecule has 2 heteroatoms. The van der Waals surface area contributed by atoms with Crippen LogP contribution < -0.4 is 5.73 Å². The molecule has 1 aromatic heterocycles. The molecule has 1 aliphatic rings. The lowest BCUT2D eigenvalue weighted by Crippen LogP contribution is -2.08. The number of H-pyrrole nitrogens is 1. The summed E-state index contributed by atoms with van der Waals surface area (Å²) in [5.74, 6) is 1.64. The summed E-state index contributed by atoms with van der Waals surface area (Å²) in [5.41, 5.74) is 7.04. The van der Waals surface area contributed by atoms with Gasteiger partial charge < -0.3 is 10.7 Å². The SMILES string of the molecule is NCCC(c1cc[nH]c1)C1CC1. The van der Waals surface area contributed by atoms with Crippen molar-refractivity contribution in [1.82, 2.24) is 4.98 Å². The maximum Gasteiger partial charge on any atom is 0.00402 e. The van der Waals surface area contributed by atoms with Crippen LogP contribution >= 0.6 is 0 Å². The Balaban J connectivity index is 2.05. The van der Waals surface area contributed by atoms with Crippen molar-refractivity contribution in [2.75, 3.05) is 6.54 Å². The van der Waals surface area contributed by atoms with Gasteiger partial charge in [-0.1, -0.05) is 0 Å². The number of nitrogens with one attached hydrogen (secondary N) is 1. The molecule has 3 N–H and O–H groups in total. The fourth-order valence-corrected chi connectivity index (χ4v) is 1.92. The molecular formula is C10H16N2. The van der Waals surface area contributed by atoms with Crippen LogP contribution in [0.25, 0.3) is 0 Å². The first-order chi connectivity index (χ1) is 5.92. The summed E-state index contributed by atoms with van der Waals surface area (Å²) in [4.78, 5) is 3.11. The van der Waals surface area contributed by atoms with Crippen LogP contribution in [0.2, 0.25) is 0 Å². The zero-order valence-electron chi connectivity index (χ0n) is 7.29. The normalized spacial score (nSPS) is 19.4. The van der Waals surface area contributed by atoms with Gasteiger partial charge in [-0.15, -0.1) is 0 Å². The van der Waals surface area contributed by atoms with E-state index in [-0.39, 0.29) is 0 Å². The molecule has 12 heavy (non-hydrogen) atoms. The number of hydrogen-bond acceptors (Lipinski definition) is 1. The van der Waals surface area contributed by atoms with Gasteiger partial charge in [0, 0.05) is 12.4 Å². The average Bonchev–Trinajstić information content (AvgIpc) is 2.77. The van der Waals surface area contributed by atoms with Crippen LogP contribution in [-0.4, -0.2) is 11.5 Å². The van der Waals surface area contributed by atoms with Crippen LogP contribution in [0.3, 0.4) is 0 Å². The lowest BCUT2D eigenvalue weighted by Gasteiger charge is -2.12. The quantitative estimate of drug-likeness (QED) is 0.700. The predicted molar refractivity (Wildman–Crippen MR) is 49.9 cm³/mol. The highest BCUT2D eigenvalue weighted by atomic mass is 14.6. The molecule has 1 unspecified atom stereocenters. The molecular weight excluding hydrogens is 148 g/mol. The summed E-state index contributed by atoms with van der Waals surface area (Å²) in [5, 5.41) is 0. The molecule has 1 fully saturated rings. The Morgan fingerprint density at radius 3 is 2.92 bits per heavy atom. The van der Waals surface area contributed by atoms with Gasteiger partial charge in [0.15, 0.2) is 0 Å². The lowest BCUT2D eigenvalue weighted by atomic mass is 9.93. The summed E-state index contributed by atoms with van der Waals surface area (Å²) in [6.45, 7) is 0.812. The number of hydrogen-bond donors (Lipinski definition) is 2. The summed E-state index contributed by atoms with van der Waals surface area (Å²) in [6.07, 6.45) is 8.05. The zero-order chi connectivity index (χ0) is 8.39. The molecule has 2 rings (SSSR count). The van der Waals surface area contributed by atoms with Crippen LogP contribution in [0.15, 0.2) is 18.5 Å². The fourth-order valence-electron chi connectivity index (χ4n) is 1.92. The first kappa shape index (κ1) is 7.87. The number of aromatic amines is 1. The number of nitrogens with two attached hydrogens (primary N) is 1. The maximum absolute atomic E-state index is 5.59. The summed E-state index contributed by atoms with van der Waals surface area (Å²) >= 11 is 0. The van der Waals surface area contributed by atoms with Crippen LogP contribution in [0.1, 0.15) is 30.7 Å². The Bertz CT molecular complexity index is 224. The molecule has 0 bridgehead atoms. The number of aromatic nitrogens is 1. The molecule has 1 atom stereocenters. The molecule has 1 heterocycles. The minimum atomic E-state index is 0.723. The van der Waals surface area contributed by atoms with E-state index in [0.717, 1.165) is 24.8 Å². The van der Waals surface area contributed by atoms with E-state index < -0.39 is 0 Å². The molecule has 0 radical (unpaired) electrons. The van der Waals surface area contributed by atoms with Crippen molar-refractivity contribution in [1.29, 1.82) is 0 Å². The second kappa shape index (κ2) is 3.31. The van der Waals surface area contributed by atoms with E-state index in [0.29, 0.717) is 0 Å². The molecule has 66 valence electrons. The van der Waals surface area contributed by atoms with Crippen LogP contribution in [-0.2, 0) is 0 Å². The molecule has 1 saturated carbocycles. The Labute approximate surface area is 73.2 Å². The number of rotatable bonds is 4. The second-order valence-electron chi connectivity index (χ2n) is 3.67. The minimum Gasteiger partial charge on any atom is -0.367 e. The summed E-state index contributed by atoms with van der Waals surface area (Å²) in [6, 6.07) is 2.18. The lowest BCUT2D eigenvalue weighted by molar-refractivity contribution is 0.566. The zero-order valence-corrected chi connectivity index (χ0v) is 7.29. The first-order valence-electron chi connectivity index (χ1n) is 4.74. The van der Waals surface area contributed by atoms with Crippen molar-refractivity contribution < 1.29 is 0 Å². The van der Waals surface area contributed by atoms with Crippen LogP contribution in [0, 0.1) is 5.92 Å². The Morgan fingerprint density at radius 2 is 2.42 bits per heavy atom. The second-order valence-corrected chi connectivity index (χ2v) is 3.67. The summed E-state index contributed by atoms with van der Waals surface area (Å²) < 4.78 is 0. The third kappa shape index (κ3) is 1.53. The van der Waals surface area contributed by atoms with Crippen LogP contribution in [0.5, 0.6) is 0 Å². The average molecular weight is 164 g/mol. The Kier molecular flexibility index (Phi) is 2.17. The molecule has 0 spiro atoms. The molecule has 1 aliphatic carbocycles. The van der Waals surface area contributed by atoms with Gasteiger partial charge in [-0.2, -0.15) is 0 Å². The van der Waals surface area contributed by atoms with Gasteiger partial charge in [0.25, 0.3) is 0 Å². The molecule has 1 aromatic rings. The Morgan fingerprint density at radius 1 is 1.58 bits per heavy atom. The molecule has 0 aliphatic heterocycles. The van der Waals surface area contributed by atoms with Gasteiger partial charge in [-0.05, 0) is 49.3 Å². The minimum absolute atomic E-state index is 0.723. The van der Waals surface area contributed by atoms with Crippen molar-refractivity contribution in [3.05, 3.63) is 24.0 Å². The highest BCUT2D eigenvalue weighted by Crippen LogP contribution is 2.44. The highest BCUT2D eigenvalue weighted by molar-refractivity contribution is 5.17. The third-order valence-corrected chi connectivity index (χ3v) is 2.72. The van der Waals surface area contributed by atoms with Crippen molar-refractivity contribution in [3.63, 3.8) is 0 Å². The fraction of sp³-hybridized carbons (Fsp3) is 0.600. The van der Waals surface area contributed by atoms with Crippen LogP contribution in [0.4, 0.5) is 0 Å². The molecule has 2 nitrogen and oxygen atoms in total. The summed E-state index contributed by atoms with van der Waals surface area (Å²) in [7, 11) is 0. The first-order valence-corrected chi connectivity index (χ1v) is 4.74. The van der Waals surface area contributed by atoms with Gasteiger partial charge in [-0.25, -0.2) is 0 Å². The predicted octanol–water partition coefficient (Wildman–Crippen LogP) is 1.86. The van der Waals surface area contributed by atoms with Gasteiger partial charge in [0.2, 0.25) is 0 Å². The van der Waals surface area contributed by atoms with E-state index in [1.54, 1.807) is 0 Å². The topological polar surface area (TPSA) is 41.8 Å². The third-order valence-electron chi connectivity index (χ3n) is 2.72. The standard InChI is InChI=1S/C10H16N2/c11-5-3-10(8-1-2-8)9-4-6-12-7-9/h4,6-8,10,12H,1-3,5,11H2. The van der Waals surface area contributed by atoms with Crippen molar-refractivity contribution in [3.8, 4) is 0 Å². The van der Waals surface area contributed by atoms with Gasteiger partial charge >= 0.3 is 0 Å². The van der Waals surface area contributed by atoms with Crippen molar-refractivity contribution in [2.24, 2.45) is 11.7 Å². The maximum atomic E-state index is 5.59. The highest BCUT2D eigenvalue weighted by Gasteiger charge is 2.31. The Hall–Kier alpha value is -0.760. The van der Waals surface area contributed by atoms with Gasteiger partial charge in [0.1, 0.15) is 0 Å². The van der Waals surface area contributed by atoms with E-state index >= 15 is 0 Å². The monoisotopic (exact) mass is 164 g/mol. The van der Waals surface area contributed by atoms with E-state index in [1.165, 1.54) is 18.4 Å². The van der Waals surface area contributed by atoms with E-state index in [9.17, 15) is 0 Å². The van der Waals surface area contributed by atoms with Crippen molar-refractivity contribution >= 4 is 0 Å². The largest absolute Gasteiger partial charge is 0.367 e.